The predicted molar refractivity (Wildman–Crippen MR) is 92.9 cm³/mol. The quantitative estimate of drug-likeness (QED) is 0.648. The number of pyridine rings is 1. The lowest BCUT2D eigenvalue weighted by Crippen LogP contribution is -2.13. The molecule has 3 aromatic rings. The Bertz CT molecular complexity index is 844. The molecule has 0 aliphatic carbocycles. The molecule has 0 radical (unpaired) electrons. The van der Waals surface area contributed by atoms with Crippen LogP contribution in [0.4, 0.5) is 17.1 Å². The second-order valence-electron chi connectivity index (χ2n) is 5.06. The number of nitrogens with two attached hydrogens (primary N) is 2. The number of hydrogen-bond donors (Lipinski definition) is 3. The molecule has 5 nitrogen and oxygen atoms in total. The molecule has 5 N–H and O–H groups in total. The highest BCUT2D eigenvalue weighted by Gasteiger charge is 2.09. The zero-order valence-corrected chi connectivity index (χ0v) is 12.4. The SMILES string of the molecule is Nc1ccccc1NC(=O)c1ccc(-c2ncccc2N)cc1. The lowest BCUT2D eigenvalue weighted by molar-refractivity contribution is 0.102. The molecule has 0 atom stereocenters. The Morgan fingerprint density at radius 1 is 0.870 bits per heavy atom. The Labute approximate surface area is 134 Å². The number of nitrogen functional groups attached to an aromatic ring is 2. The van der Waals surface area contributed by atoms with Crippen LogP contribution < -0.4 is 16.8 Å². The Hall–Kier alpha value is -3.34. The van der Waals surface area contributed by atoms with Crippen molar-refractivity contribution < 1.29 is 4.79 Å². The van der Waals surface area contributed by atoms with Crippen molar-refractivity contribution in [2.45, 2.75) is 0 Å². The van der Waals surface area contributed by atoms with E-state index in [1.165, 1.54) is 0 Å². The first-order valence-corrected chi connectivity index (χ1v) is 7.12. The van der Waals surface area contributed by atoms with Crippen LogP contribution in [0.5, 0.6) is 0 Å². The maximum atomic E-state index is 12.3. The maximum absolute atomic E-state index is 12.3. The van der Waals surface area contributed by atoms with Crippen LogP contribution in [0.2, 0.25) is 0 Å². The highest BCUT2D eigenvalue weighted by Crippen LogP contribution is 2.24. The van der Waals surface area contributed by atoms with E-state index in [2.05, 4.69) is 10.3 Å². The Balaban J connectivity index is 1.81. The number of benzene rings is 2. The average Bonchev–Trinajstić information content (AvgIpc) is 2.57. The molecule has 1 heterocycles. The van der Waals surface area contributed by atoms with Crippen molar-refractivity contribution in [3.63, 3.8) is 0 Å². The molecule has 0 saturated heterocycles. The van der Waals surface area contributed by atoms with Gasteiger partial charge in [-0.05, 0) is 36.4 Å². The normalized spacial score (nSPS) is 10.3. The van der Waals surface area contributed by atoms with E-state index < -0.39 is 0 Å². The summed E-state index contributed by atoms with van der Waals surface area (Å²) in [6, 6.07) is 17.8. The second-order valence-corrected chi connectivity index (χ2v) is 5.06. The number of amides is 1. The van der Waals surface area contributed by atoms with E-state index >= 15 is 0 Å². The van der Waals surface area contributed by atoms with Gasteiger partial charge in [0.25, 0.3) is 5.91 Å². The summed E-state index contributed by atoms with van der Waals surface area (Å²) >= 11 is 0. The van der Waals surface area contributed by atoms with Gasteiger partial charge in [-0.2, -0.15) is 0 Å². The summed E-state index contributed by atoms with van der Waals surface area (Å²) in [7, 11) is 0. The van der Waals surface area contributed by atoms with Crippen molar-refractivity contribution in [2.24, 2.45) is 0 Å². The number of anilines is 3. The van der Waals surface area contributed by atoms with Crippen molar-refractivity contribution in [1.82, 2.24) is 4.98 Å². The highest BCUT2D eigenvalue weighted by molar-refractivity contribution is 6.05. The molecule has 1 aromatic heterocycles. The van der Waals surface area contributed by atoms with Gasteiger partial charge in [0.1, 0.15) is 0 Å². The zero-order chi connectivity index (χ0) is 16.2. The number of nitrogens with zero attached hydrogens (tertiary/aromatic N) is 1. The molecule has 0 unspecified atom stereocenters. The van der Waals surface area contributed by atoms with Gasteiger partial charge < -0.3 is 16.8 Å². The van der Waals surface area contributed by atoms with Crippen molar-refractivity contribution in [3.8, 4) is 11.3 Å². The summed E-state index contributed by atoms with van der Waals surface area (Å²) in [6.07, 6.45) is 1.69. The molecular weight excluding hydrogens is 288 g/mol. The van der Waals surface area contributed by atoms with Gasteiger partial charge in [-0.1, -0.05) is 24.3 Å². The fourth-order valence-electron chi connectivity index (χ4n) is 2.24. The number of nitrogens with one attached hydrogen (secondary N) is 1. The molecule has 0 spiro atoms. The molecule has 0 bridgehead atoms. The minimum atomic E-state index is -0.219. The summed E-state index contributed by atoms with van der Waals surface area (Å²) in [6.45, 7) is 0. The lowest BCUT2D eigenvalue weighted by atomic mass is 10.1. The summed E-state index contributed by atoms with van der Waals surface area (Å²) in [5, 5.41) is 2.79. The second kappa shape index (κ2) is 6.19. The summed E-state index contributed by atoms with van der Waals surface area (Å²) in [5.74, 6) is -0.219. The van der Waals surface area contributed by atoms with Crippen molar-refractivity contribution in [1.29, 1.82) is 0 Å². The zero-order valence-electron chi connectivity index (χ0n) is 12.4. The number of para-hydroxylation sites is 2. The van der Waals surface area contributed by atoms with Gasteiger partial charge in [0.2, 0.25) is 0 Å². The largest absolute Gasteiger partial charge is 0.397 e. The minimum absolute atomic E-state index is 0.219. The van der Waals surface area contributed by atoms with Crippen LogP contribution in [-0.4, -0.2) is 10.9 Å². The summed E-state index contributed by atoms with van der Waals surface area (Å²) in [4.78, 5) is 16.5. The summed E-state index contributed by atoms with van der Waals surface area (Å²) in [5.41, 5.74) is 15.6. The smallest absolute Gasteiger partial charge is 0.255 e. The Morgan fingerprint density at radius 2 is 1.57 bits per heavy atom. The number of carbonyl (C=O) groups excluding carboxylic acids is 1. The van der Waals surface area contributed by atoms with Gasteiger partial charge in [0.15, 0.2) is 0 Å². The van der Waals surface area contributed by atoms with E-state index in [1.54, 1.807) is 42.6 Å². The van der Waals surface area contributed by atoms with Crippen molar-refractivity contribution >= 4 is 23.0 Å². The van der Waals surface area contributed by atoms with Crippen LogP contribution in [0, 0.1) is 0 Å². The van der Waals surface area contributed by atoms with Gasteiger partial charge in [0.05, 0.1) is 22.8 Å². The predicted octanol–water partition coefficient (Wildman–Crippen LogP) is 3.17. The standard InChI is InChI=1S/C18H16N4O/c19-14-4-1-2-6-16(14)22-18(23)13-9-7-12(8-10-13)17-15(20)5-3-11-21-17/h1-11H,19-20H2,(H,22,23). The van der Waals surface area contributed by atoms with Gasteiger partial charge >= 0.3 is 0 Å². The molecule has 0 saturated carbocycles. The minimum Gasteiger partial charge on any atom is -0.397 e. The number of carbonyl (C=O) groups is 1. The highest BCUT2D eigenvalue weighted by atomic mass is 16.1. The monoisotopic (exact) mass is 304 g/mol. The molecule has 5 heteroatoms. The van der Waals surface area contributed by atoms with Crippen LogP contribution in [-0.2, 0) is 0 Å². The van der Waals surface area contributed by atoms with E-state index in [0.717, 1.165) is 5.56 Å². The average molecular weight is 304 g/mol. The molecule has 0 aliphatic rings. The first-order valence-electron chi connectivity index (χ1n) is 7.12. The molecule has 3 rings (SSSR count). The van der Waals surface area contributed by atoms with E-state index in [9.17, 15) is 4.79 Å². The van der Waals surface area contributed by atoms with Crippen molar-refractivity contribution in [3.05, 3.63) is 72.4 Å². The topological polar surface area (TPSA) is 94.0 Å². The van der Waals surface area contributed by atoms with Crippen LogP contribution >= 0.6 is 0 Å². The molecule has 23 heavy (non-hydrogen) atoms. The third kappa shape index (κ3) is 3.13. The fraction of sp³-hybridized carbons (Fsp3) is 0. The number of hydrogen-bond acceptors (Lipinski definition) is 4. The van der Waals surface area contributed by atoms with Crippen LogP contribution in [0.15, 0.2) is 66.9 Å². The first kappa shape index (κ1) is 14.6. The van der Waals surface area contributed by atoms with E-state index in [4.69, 9.17) is 11.5 Å². The Kier molecular flexibility index (Phi) is 3.93. The van der Waals surface area contributed by atoms with Gasteiger partial charge in [-0.25, -0.2) is 0 Å². The van der Waals surface area contributed by atoms with Crippen LogP contribution in [0.3, 0.4) is 0 Å². The van der Waals surface area contributed by atoms with E-state index in [1.807, 2.05) is 24.3 Å². The first-order chi connectivity index (χ1) is 11.1. The lowest BCUT2D eigenvalue weighted by Gasteiger charge is -2.09. The number of rotatable bonds is 3. The van der Waals surface area contributed by atoms with Gasteiger partial charge in [-0.3, -0.25) is 9.78 Å². The molecule has 1 amide bonds. The fourth-order valence-corrected chi connectivity index (χ4v) is 2.24. The third-order valence-corrected chi connectivity index (χ3v) is 3.47. The number of aromatic nitrogens is 1. The molecule has 0 fully saturated rings. The van der Waals surface area contributed by atoms with Gasteiger partial charge in [-0.15, -0.1) is 0 Å². The molecule has 114 valence electrons. The van der Waals surface area contributed by atoms with Crippen LogP contribution in [0.1, 0.15) is 10.4 Å². The van der Waals surface area contributed by atoms with E-state index in [-0.39, 0.29) is 5.91 Å². The van der Waals surface area contributed by atoms with Crippen molar-refractivity contribution in [2.75, 3.05) is 16.8 Å². The summed E-state index contributed by atoms with van der Waals surface area (Å²) < 4.78 is 0. The third-order valence-electron chi connectivity index (χ3n) is 3.47. The Morgan fingerprint density at radius 3 is 2.26 bits per heavy atom. The van der Waals surface area contributed by atoms with E-state index in [0.29, 0.717) is 28.3 Å². The van der Waals surface area contributed by atoms with Gasteiger partial charge in [0, 0.05) is 17.3 Å². The maximum Gasteiger partial charge on any atom is 0.255 e. The molecule has 0 aliphatic heterocycles. The molecular formula is C18H16N4O. The molecule has 2 aromatic carbocycles. The van der Waals surface area contributed by atoms with Crippen LogP contribution in [0.25, 0.3) is 11.3 Å².